The number of rotatable bonds is 9. The Morgan fingerprint density at radius 3 is 2.35 bits per heavy atom. The van der Waals surface area contributed by atoms with E-state index >= 15 is 0 Å². The lowest BCUT2D eigenvalue weighted by Gasteiger charge is -2.20. The minimum Gasteiger partial charge on any atom is -0.494 e. The molecule has 5 nitrogen and oxygen atoms in total. The highest BCUT2D eigenvalue weighted by atomic mass is 16.5. The van der Waals surface area contributed by atoms with E-state index in [9.17, 15) is 9.59 Å². The first-order valence-corrected chi connectivity index (χ1v) is 8.26. The summed E-state index contributed by atoms with van der Waals surface area (Å²) in [5.74, 6) is 1.07. The molecule has 23 heavy (non-hydrogen) atoms. The maximum Gasteiger partial charge on any atom is 0.254 e. The highest BCUT2D eigenvalue weighted by Crippen LogP contribution is 2.15. The lowest BCUT2D eigenvalue weighted by atomic mass is 10.1. The minimum atomic E-state index is -0.146. The van der Waals surface area contributed by atoms with E-state index in [2.05, 4.69) is 19.2 Å². The fraction of sp³-hybridized carbons (Fsp3) is 0.556. The Labute approximate surface area is 139 Å². The maximum atomic E-state index is 12.4. The van der Waals surface area contributed by atoms with Gasteiger partial charge in [0.2, 0.25) is 5.91 Å². The third-order valence-electron chi connectivity index (χ3n) is 3.44. The number of hydrogen-bond acceptors (Lipinski definition) is 3. The van der Waals surface area contributed by atoms with Gasteiger partial charge in [-0.1, -0.05) is 13.8 Å². The average Bonchev–Trinajstić information content (AvgIpc) is 2.52. The van der Waals surface area contributed by atoms with Gasteiger partial charge in [-0.3, -0.25) is 9.59 Å². The van der Waals surface area contributed by atoms with Gasteiger partial charge in [-0.2, -0.15) is 0 Å². The van der Waals surface area contributed by atoms with Crippen molar-refractivity contribution >= 4 is 11.8 Å². The Morgan fingerprint density at radius 1 is 1.17 bits per heavy atom. The molecule has 0 heterocycles. The van der Waals surface area contributed by atoms with Crippen molar-refractivity contribution in [1.29, 1.82) is 0 Å². The Bertz CT molecular complexity index is 497. The second-order valence-corrected chi connectivity index (χ2v) is 5.83. The predicted molar refractivity (Wildman–Crippen MR) is 91.7 cm³/mol. The van der Waals surface area contributed by atoms with Crippen molar-refractivity contribution in [1.82, 2.24) is 10.2 Å². The van der Waals surface area contributed by atoms with Gasteiger partial charge in [0, 0.05) is 18.7 Å². The zero-order valence-corrected chi connectivity index (χ0v) is 14.6. The number of ether oxygens (including phenoxy) is 1. The summed E-state index contributed by atoms with van der Waals surface area (Å²) in [7, 11) is 0. The SMILES string of the molecule is CCNC(=O)CN(CC)C(=O)c1ccc(OCCC(C)C)cc1. The van der Waals surface area contributed by atoms with Gasteiger partial charge in [-0.15, -0.1) is 0 Å². The molecule has 0 aliphatic carbocycles. The quantitative estimate of drug-likeness (QED) is 0.761. The Balaban J connectivity index is 2.62. The third kappa shape index (κ3) is 6.72. The molecule has 2 amide bonds. The summed E-state index contributed by atoms with van der Waals surface area (Å²) in [5, 5.41) is 2.71. The number of benzene rings is 1. The van der Waals surface area contributed by atoms with Crippen LogP contribution in [0.5, 0.6) is 5.75 Å². The highest BCUT2D eigenvalue weighted by molar-refractivity contribution is 5.96. The molecule has 0 saturated heterocycles. The van der Waals surface area contributed by atoms with Crippen LogP contribution in [0.4, 0.5) is 0 Å². The molecule has 0 aliphatic rings. The van der Waals surface area contributed by atoms with Crippen LogP contribution in [0, 0.1) is 5.92 Å². The zero-order valence-electron chi connectivity index (χ0n) is 14.6. The number of nitrogens with zero attached hydrogens (tertiary/aromatic N) is 1. The minimum absolute atomic E-state index is 0.0792. The van der Waals surface area contributed by atoms with E-state index in [0.29, 0.717) is 31.2 Å². The smallest absolute Gasteiger partial charge is 0.254 e. The van der Waals surface area contributed by atoms with E-state index in [-0.39, 0.29) is 18.4 Å². The first-order valence-electron chi connectivity index (χ1n) is 8.26. The van der Waals surface area contributed by atoms with E-state index in [1.54, 1.807) is 24.3 Å². The molecule has 0 aliphatic heterocycles. The van der Waals surface area contributed by atoms with E-state index in [1.165, 1.54) is 4.90 Å². The van der Waals surface area contributed by atoms with Gasteiger partial charge in [0.15, 0.2) is 0 Å². The van der Waals surface area contributed by atoms with Crippen molar-refractivity contribution in [2.24, 2.45) is 5.92 Å². The second kappa shape index (κ2) is 9.87. The van der Waals surface area contributed by atoms with E-state index < -0.39 is 0 Å². The molecule has 0 unspecified atom stereocenters. The Morgan fingerprint density at radius 2 is 1.83 bits per heavy atom. The van der Waals surface area contributed by atoms with Gasteiger partial charge in [0.05, 0.1) is 13.2 Å². The summed E-state index contributed by atoms with van der Waals surface area (Å²) < 4.78 is 5.65. The summed E-state index contributed by atoms with van der Waals surface area (Å²) in [5.41, 5.74) is 0.562. The summed E-state index contributed by atoms with van der Waals surface area (Å²) in [6, 6.07) is 7.09. The number of likely N-dealkylation sites (N-methyl/N-ethyl adjacent to an activating group) is 2. The molecule has 128 valence electrons. The van der Waals surface area contributed by atoms with Crippen molar-refractivity contribution in [2.75, 3.05) is 26.2 Å². The van der Waals surface area contributed by atoms with Crippen LogP contribution in [0.2, 0.25) is 0 Å². The second-order valence-electron chi connectivity index (χ2n) is 5.83. The van der Waals surface area contributed by atoms with Gasteiger partial charge < -0.3 is 15.0 Å². The lowest BCUT2D eigenvalue weighted by Crippen LogP contribution is -2.40. The fourth-order valence-electron chi connectivity index (χ4n) is 2.04. The molecule has 1 rings (SSSR count). The Hall–Kier alpha value is -2.04. The van der Waals surface area contributed by atoms with E-state index in [0.717, 1.165) is 12.2 Å². The van der Waals surface area contributed by atoms with Gasteiger partial charge in [-0.25, -0.2) is 0 Å². The first-order chi connectivity index (χ1) is 11.0. The molecule has 1 aromatic carbocycles. The van der Waals surface area contributed by atoms with Gasteiger partial charge in [0.1, 0.15) is 5.75 Å². The van der Waals surface area contributed by atoms with Crippen LogP contribution in [-0.4, -0.2) is 43.0 Å². The van der Waals surface area contributed by atoms with Crippen LogP contribution in [-0.2, 0) is 4.79 Å². The number of nitrogens with one attached hydrogen (secondary N) is 1. The van der Waals surface area contributed by atoms with Crippen LogP contribution in [0.3, 0.4) is 0 Å². The van der Waals surface area contributed by atoms with Crippen LogP contribution in [0.25, 0.3) is 0 Å². The van der Waals surface area contributed by atoms with E-state index in [4.69, 9.17) is 4.74 Å². The summed E-state index contributed by atoms with van der Waals surface area (Å²) in [6.45, 7) is 9.82. The summed E-state index contributed by atoms with van der Waals surface area (Å²) in [6.07, 6.45) is 0.997. The summed E-state index contributed by atoms with van der Waals surface area (Å²) >= 11 is 0. The zero-order chi connectivity index (χ0) is 17.2. The molecular formula is C18H28N2O3. The standard InChI is InChI=1S/C18H28N2O3/c1-5-19-17(21)13-20(6-2)18(22)15-7-9-16(10-8-15)23-12-11-14(3)4/h7-10,14H,5-6,11-13H2,1-4H3,(H,19,21). The molecule has 0 bridgehead atoms. The molecule has 1 aromatic rings. The largest absolute Gasteiger partial charge is 0.494 e. The van der Waals surface area contributed by atoms with Crippen molar-refractivity contribution in [3.8, 4) is 5.75 Å². The van der Waals surface area contributed by atoms with Crippen LogP contribution >= 0.6 is 0 Å². The Kier molecular flexibility index (Phi) is 8.16. The monoisotopic (exact) mass is 320 g/mol. The third-order valence-corrected chi connectivity index (χ3v) is 3.44. The number of amides is 2. The fourth-order valence-corrected chi connectivity index (χ4v) is 2.04. The molecule has 5 heteroatoms. The van der Waals surface area contributed by atoms with Crippen LogP contribution < -0.4 is 10.1 Å². The normalized spacial score (nSPS) is 10.5. The topological polar surface area (TPSA) is 58.6 Å². The van der Waals surface area contributed by atoms with Gasteiger partial charge in [0.25, 0.3) is 5.91 Å². The van der Waals surface area contributed by atoms with Crippen LogP contribution in [0.15, 0.2) is 24.3 Å². The molecular weight excluding hydrogens is 292 g/mol. The number of carbonyl (C=O) groups excluding carboxylic acids is 2. The highest BCUT2D eigenvalue weighted by Gasteiger charge is 2.17. The molecule has 0 aromatic heterocycles. The molecule has 1 N–H and O–H groups in total. The maximum absolute atomic E-state index is 12.4. The van der Waals surface area contributed by atoms with Crippen LogP contribution in [0.1, 0.15) is 44.5 Å². The van der Waals surface area contributed by atoms with Crippen molar-refractivity contribution in [3.05, 3.63) is 29.8 Å². The van der Waals surface area contributed by atoms with E-state index in [1.807, 2.05) is 13.8 Å². The molecule has 0 atom stereocenters. The molecule has 0 saturated carbocycles. The summed E-state index contributed by atoms with van der Waals surface area (Å²) in [4.78, 5) is 25.6. The molecule has 0 radical (unpaired) electrons. The van der Waals surface area contributed by atoms with Crippen molar-refractivity contribution < 1.29 is 14.3 Å². The van der Waals surface area contributed by atoms with Gasteiger partial charge >= 0.3 is 0 Å². The molecule has 0 spiro atoms. The number of hydrogen-bond donors (Lipinski definition) is 1. The molecule has 0 fully saturated rings. The van der Waals surface area contributed by atoms with Crippen molar-refractivity contribution in [2.45, 2.75) is 34.1 Å². The van der Waals surface area contributed by atoms with Gasteiger partial charge in [-0.05, 0) is 50.5 Å². The predicted octanol–water partition coefficient (Wildman–Crippen LogP) is 2.71. The number of carbonyl (C=O) groups is 2. The first kappa shape index (κ1) is 19.0. The average molecular weight is 320 g/mol. The van der Waals surface area contributed by atoms with Crippen molar-refractivity contribution in [3.63, 3.8) is 0 Å². The lowest BCUT2D eigenvalue weighted by molar-refractivity contribution is -0.121.